The minimum atomic E-state index is 0.154. The molecule has 5 rings (SSSR count). The maximum atomic E-state index is 13.3. The Bertz CT molecular complexity index is 1040. The lowest BCUT2D eigenvalue weighted by atomic mass is 9.99. The predicted octanol–water partition coefficient (Wildman–Crippen LogP) is 4.30. The van der Waals surface area contributed by atoms with Gasteiger partial charge in [0.25, 0.3) is 0 Å². The average Bonchev–Trinajstić information content (AvgIpc) is 3.43. The van der Waals surface area contributed by atoms with Gasteiger partial charge in [-0.15, -0.1) is 0 Å². The van der Waals surface area contributed by atoms with Crippen LogP contribution in [-0.4, -0.2) is 45.9 Å². The smallest absolute Gasteiger partial charge is 0.226 e. The highest BCUT2D eigenvalue weighted by atomic mass is 79.9. The molecule has 1 aliphatic heterocycles. The third-order valence-electron chi connectivity index (χ3n) is 6.51. The van der Waals surface area contributed by atoms with E-state index in [1.807, 2.05) is 18.2 Å². The summed E-state index contributed by atoms with van der Waals surface area (Å²) >= 11 is 3.53. The summed E-state index contributed by atoms with van der Waals surface area (Å²) in [5.41, 5.74) is 4.23. The molecule has 0 bridgehead atoms. The maximum Gasteiger partial charge on any atom is 0.226 e. The number of pyridine rings is 1. The summed E-state index contributed by atoms with van der Waals surface area (Å²) in [5.74, 6) is 0.580. The Hall–Kier alpha value is -2.18. The second-order valence-corrected chi connectivity index (χ2v) is 9.33. The van der Waals surface area contributed by atoms with Crippen molar-refractivity contribution in [1.82, 2.24) is 19.6 Å². The van der Waals surface area contributed by atoms with Crippen LogP contribution >= 0.6 is 15.9 Å². The van der Waals surface area contributed by atoms with E-state index >= 15 is 0 Å². The van der Waals surface area contributed by atoms with Gasteiger partial charge in [0, 0.05) is 54.2 Å². The second kappa shape index (κ2) is 8.52. The summed E-state index contributed by atoms with van der Waals surface area (Å²) in [6.07, 6.45) is 7.36. The Kier molecular flexibility index (Phi) is 5.61. The summed E-state index contributed by atoms with van der Waals surface area (Å²) < 4.78 is 3.24. The molecule has 5 nitrogen and oxygen atoms in total. The lowest BCUT2D eigenvalue weighted by Crippen LogP contribution is -2.55. The summed E-state index contributed by atoms with van der Waals surface area (Å²) in [7, 11) is 0. The van der Waals surface area contributed by atoms with Crippen LogP contribution in [0.3, 0.4) is 0 Å². The van der Waals surface area contributed by atoms with Gasteiger partial charge in [-0.2, -0.15) is 0 Å². The number of rotatable bonds is 4. The normalized spacial score (nSPS) is 20.2. The van der Waals surface area contributed by atoms with Crippen molar-refractivity contribution in [2.24, 2.45) is 5.92 Å². The topological polar surface area (TPSA) is 49.6 Å². The fourth-order valence-corrected chi connectivity index (χ4v) is 5.21. The molecule has 1 saturated heterocycles. The number of carbonyl (C=O) groups excluding carboxylic acids is 1. The summed E-state index contributed by atoms with van der Waals surface area (Å²) in [6, 6.07) is 14.6. The number of benzene rings is 1. The van der Waals surface area contributed by atoms with Crippen LogP contribution in [0.2, 0.25) is 0 Å². The number of nitrogens with zero attached hydrogens (tertiary/aromatic N) is 3. The van der Waals surface area contributed by atoms with Crippen LogP contribution in [0, 0.1) is 5.92 Å². The van der Waals surface area contributed by atoms with Crippen molar-refractivity contribution >= 4 is 27.5 Å². The Morgan fingerprint density at radius 3 is 2.73 bits per heavy atom. The molecule has 1 unspecified atom stereocenters. The van der Waals surface area contributed by atoms with E-state index in [4.69, 9.17) is 4.98 Å². The molecule has 3 heterocycles. The summed E-state index contributed by atoms with van der Waals surface area (Å²) in [5, 5.41) is 3.51. The molecular weight excluding hydrogens is 440 g/mol. The average molecular weight is 467 g/mol. The number of aromatic nitrogens is 2. The van der Waals surface area contributed by atoms with E-state index in [2.05, 4.69) is 61.0 Å². The highest BCUT2D eigenvalue weighted by molar-refractivity contribution is 9.10. The first-order chi connectivity index (χ1) is 14.7. The van der Waals surface area contributed by atoms with Crippen LogP contribution in [0.25, 0.3) is 16.9 Å². The molecule has 6 heteroatoms. The zero-order valence-corrected chi connectivity index (χ0v) is 18.6. The van der Waals surface area contributed by atoms with E-state index < -0.39 is 0 Å². The molecule has 0 radical (unpaired) electrons. The summed E-state index contributed by atoms with van der Waals surface area (Å²) in [6.45, 7) is 2.50. The van der Waals surface area contributed by atoms with Crippen LogP contribution < -0.4 is 5.32 Å². The van der Waals surface area contributed by atoms with E-state index in [9.17, 15) is 4.79 Å². The summed E-state index contributed by atoms with van der Waals surface area (Å²) in [4.78, 5) is 20.4. The van der Waals surface area contributed by atoms with Crippen LogP contribution in [0.15, 0.2) is 53.1 Å². The molecule has 1 saturated carbocycles. The van der Waals surface area contributed by atoms with Crippen molar-refractivity contribution in [3.05, 3.63) is 58.8 Å². The van der Waals surface area contributed by atoms with Crippen LogP contribution in [0.4, 0.5) is 0 Å². The van der Waals surface area contributed by atoms with E-state index in [0.29, 0.717) is 5.91 Å². The predicted molar refractivity (Wildman–Crippen MR) is 122 cm³/mol. The molecule has 30 heavy (non-hydrogen) atoms. The third kappa shape index (κ3) is 3.79. The van der Waals surface area contributed by atoms with Crippen molar-refractivity contribution < 1.29 is 4.79 Å². The number of fused-ring (bicyclic) bond motifs is 1. The first kappa shape index (κ1) is 19.8. The highest BCUT2D eigenvalue weighted by Crippen LogP contribution is 2.30. The van der Waals surface area contributed by atoms with Gasteiger partial charge >= 0.3 is 0 Å². The van der Waals surface area contributed by atoms with Gasteiger partial charge in [0.05, 0.1) is 11.4 Å². The largest absolute Gasteiger partial charge is 0.337 e. The number of halogens is 1. The molecule has 1 aromatic carbocycles. The van der Waals surface area contributed by atoms with Crippen LogP contribution in [-0.2, 0) is 11.2 Å². The first-order valence-corrected chi connectivity index (χ1v) is 11.7. The Labute approximate surface area is 185 Å². The standard InChI is InChI=1S/C24H27BrN4O/c25-19-10-8-17(9-11-19)23-21(29-13-4-3-7-22(29)27-23)15-20-16-26-12-14-28(20)24(30)18-5-1-2-6-18/h3-4,7-11,13,18,20,26H,1-2,5-6,12,14-16H2. The number of hydrogen-bond donors (Lipinski definition) is 1. The maximum absolute atomic E-state index is 13.3. The van der Waals surface area contributed by atoms with Gasteiger partial charge < -0.3 is 14.6 Å². The van der Waals surface area contributed by atoms with E-state index in [1.54, 1.807) is 0 Å². The Morgan fingerprint density at radius 1 is 1.13 bits per heavy atom. The van der Waals surface area contributed by atoms with E-state index in [0.717, 1.165) is 60.3 Å². The van der Waals surface area contributed by atoms with Crippen molar-refractivity contribution in [3.63, 3.8) is 0 Å². The van der Waals surface area contributed by atoms with Gasteiger partial charge in [-0.05, 0) is 37.1 Å². The Balaban J connectivity index is 1.51. The second-order valence-electron chi connectivity index (χ2n) is 8.42. The van der Waals surface area contributed by atoms with Gasteiger partial charge in [0.1, 0.15) is 5.65 Å². The van der Waals surface area contributed by atoms with Crippen LogP contribution in [0.1, 0.15) is 31.4 Å². The SMILES string of the molecule is O=C(C1CCCC1)N1CCNCC1Cc1c(-c2ccc(Br)cc2)nc2ccccn12. The molecule has 2 aliphatic rings. The molecule has 3 aromatic rings. The number of piperazine rings is 1. The molecule has 0 spiro atoms. The van der Waals surface area contributed by atoms with Crippen molar-refractivity contribution in [3.8, 4) is 11.3 Å². The van der Waals surface area contributed by atoms with E-state index in [1.165, 1.54) is 18.5 Å². The first-order valence-electron chi connectivity index (χ1n) is 10.9. The number of imidazole rings is 1. The minimum Gasteiger partial charge on any atom is -0.337 e. The zero-order chi connectivity index (χ0) is 20.5. The van der Waals surface area contributed by atoms with Gasteiger partial charge in [-0.1, -0.05) is 47.0 Å². The molecule has 1 atom stereocenters. The quantitative estimate of drug-likeness (QED) is 0.623. The fourth-order valence-electron chi connectivity index (χ4n) is 4.94. The molecular formula is C24H27BrN4O. The van der Waals surface area contributed by atoms with E-state index in [-0.39, 0.29) is 12.0 Å². The molecule has 2 fully saturated rings. The Morgan fingerprint density at radius 2 is 1.93 bits per heavy atom. The monoisotopic (exact) mass is 466 g/mol. The number of carbonyl (C=O) groups is 1. The third-order valence-corrected chi connectivity index (χ3v) is 7.04. The fraction of sp³-hybridized carbons (Fsp3) is 0.417. The molecule has 1 N–H and O–H groups in total. The molecule has 1 aliphatic carbocycles. The molecule has 1 amide bonds. The van der Waals surface area contributed by atoms with Gasteiger partial charge in [-0.25, -0.2) is 4.98 Å². The minimum absolute atomic E-state index is 0.154. The lowest BCUT2D eigenvalue weighted by Gasteiger charge is -2.38. The number of nitrogens with one attached hydrogen (secondary N) is 1. The number of amides is 1. The lowest BCUT2D eigenvalue weighted by molar-refractivity contribution is -0.138. The van der Waals surface area contributed by atoms with Gasteiger partial charge in [0.2, 0.25) is 5.91 Å². The van der Waals surface area contributed by atoms with Gasteiger partial charge in [-0.3, -0.25) is 4.79 Å². The number of hydrogen-bond acceptors (Lipinski definition) is 3. The molecule has 2 aromatic heterocycles. The zero-order valence-electron chi connectivity index (χ0n) is 17.1. The van der Waals surface area contributed by atoms with Crippen LogP contribution in [0.5, 0.6) is 0 Å². The highest BCUT2D eigenvalue weighted by Gasteiger charge is 2.34. The molecule has 156 valence electrons. The van der Waals surface area contributed by atoms with Crippen molar-refractivity contribution in [1.29, 1.82) is 0 Å². The van der Waals surface area contributed by atoms with Crippen molar-refractivity contribution in [2.45, 2.75) is 38.1 Å². The van der Waals surface area contributed by atoms with Gasteiger partial charge in [0.15, 0.2) is 0 Å². The van der Waals surface area contributed by atoms with Crippen molar-refractivity contribution in [2.75, 3.05) is 19.6 Å².